The first-order valence-corrected chi connectivity index (χ1v) is 8.38. The summed E-state index contributed by atoms with van der Waals surface area (Å²) >= 11 is 5.72. The van der Waals surface area contributed by atoms with Crippen molar-refractivity contribution in [2.45, 2.75) is 29.5 Å². The summed E-state index contributed by atoms with van der Waals surface area (Å²) in [5.41, 5.74) is 0. The molecule has 3 atom stereocenters. The van der Waals surface area contributed by atoms with Crippen molar-refractivity contribution in [3.63, 3.8) is 0 Å². The number of amides is 1. The molecule has 7 heteroatoms. The summed E-state index contributed by atoms with van der Waals surface area (Å²) in [7, 11) is 0. The van der Waals surface area contributed by atoms with E-state index in [0.29, 0.717) is 18.7 Å². The second-order valence-electron chi connectivity index (χ2n) is 5.20. The van der Waals surface area contributed by atoms with Crippen LogP contribution in [0.3, 0.4) is 0 Å². The minimum atomic E-state index is -1.18. The topological polar surface area (TPSA) is 60.4 Å². The molecule has 1 saturated heterocycles. The summed E-state index contributed by atoms with van der Waals surface area (Å²) < 4.78 is 0. The Hall–Kier alpha value is -0.140. The number of rotatable bonds is 5. The van der Waals surface area contributed by atoms with Crippen LogP contribution in [-0.2, 0) is 9.59 Å². The van der Waals surface area contributed by atoms with E-state index in [1.54, 1.807) is 18.7 Å². The number of likely N-dealkylation sites (tertiary alicyclic amines) is 1. The number of aliphatic carboxylic acids is 1. The van der Waals surface area contributed by atoms with Gasteiger partial charge in [0.05, 0.1) is 12.0 Å². The number of carboxylic acids is 1. The van der Waals surface area contributed by atoms with Crippen LogP contribution < -0.4 is 34.7 Å². The summed E-state index contributed by atoms with van der Waals surface area (Å²) in [5.74, 6) is -1.21. The number of nitrogens with zero attached hydrogens (tertiary/aromatic N) is 1. The average molecular weight is 347 g/mol. The maximum absolute atomic E-state index is 12.3. The molecule has 2 rings (SSSR count). The Kier molecular flexibility index (Phi) is 8.35. The third-order valence-corrected chi connectivity index (χ3v) is 5.33. The van der Waals surface area contributed by atoms with Crippen LogP contribution in [-0.4, -0.2) is 40.4 Å². The molecular weight excluding hydrogens is 329 g/mol. The zero-order chi connectivity index (χ0) is 15.4. The summed E-state index contributed by atoms with van der Waals surface area (Å²) in [6.07, 6.45) is 0.424. The number of carboxylic acid groups (broad SMARTS) is 1. The summed E-state index contributed by atoms with van der Waals surface area (Å²) in [6, 6.07) is 8.96. The van der Waals surface area contributed by atoms with Crippen LogP contribution in [0.4, 0.5) is 0 Å². The molecule has 1 aromatic rings. The fourth-order valence-electron chi connectivity index (χ4n) is 2.40. The van der Waals surface area contributed by atoms with E-state index in [1.807, 2.05) is 30.3 Å². The largest absolute Gasteiger partial charge is 1.00 e. The summed E-state index contributed by atoms with van der Waals surface area (Å²) in [6.45, 7) is 2.20. The molecule has 0 bridgehead atoms. The van der Waals surface area contributed by atoms with Gasteiger partial charge in [0.1, 0.15) is 0 Å². The minimum Gasteiger partial charge on any atom is -0.548 e. The van der Waals surface area contributed by atoms with E-state index >= 15 is 0 Å². The van der Waals surface area contributed by atoms with Gasteiger partial charge in [0.15, 0.2) is 0 Å². The number of thiol groups is 1. The Balaban J connectivity index is 0.00000242. The fourth-order valence-corrected chi connectivity index (χ4v) is 3.77. The number of carbonyl (C=O) groups excluding carboxylic acids is 2. The molecule has 1 fully saturated rings. The van der Waals surface area contributed by atoms with Crippen LogP contribution in [0.5, 0.6) is 0 Å². The molecule has 1 aromatic carbocycles. The molecule has 0 spiro atoms. The van der Waals surface area contributed by atoms with E-state index in [2.05, 4.69) is 12.6 Å². The van der Waals surface area contributed by atoms with Crippen molar-refractivity contribution in [1.29, 1.82) is 0 Å². The maximum atomic E-state index is 12.3. The van der Waals surface area contributed by atoms with Gasteiger partial charge in [-0.1, -0.05) is 25.1 Å². The Bertz CT molecular complexity index is 515. The van der Waals surface area contributed by atoms with Gasteiger partial charge in [-0.05, 0) is 18.6 Å². The fraction of sp³-hybridized carbons (Fsp3) is 0.467. The van der Waals surface area contributed by atoms with Crippen LogP contribution in [0.2, 0.25) is 0 Å². The standard InChI is InChI=1S/C15H19NO3S2.Na/c1-10(9-20)14(17)16-8-12(7-13(16)15(18)19)21-11-5-3-2-4-6-11;/h2-6,10,12-13,20H,7-9H2,1H3,(H,18,19);/q;+1/p-1/t10-,12+,13-;/m1./s1. The number of benzene rings is 1. The van der Waals surface area contributed by atoms with Gasteiger partial charge in [-0.15, -0.1) is 11.8 Å². The number of carbonyl (C=O) groups is 2. The van der Waals surface area contributed by atoms with E-state index in [9.17, 15) is 14.7 Å². The van der Waals surface area contributed by atoms with Crippen LogP contribution in [0.15, 0.2) is 35.2 Å². The Morgan fingerprint density at radius 1 is 1.41 bits per heavy atom. The molecule has 1 heterocycles. The quantitative estimate of drug-likeness (QED) is 0.498. The molecule has 0 aliphatic carbocycles. The molecule has 1 aliphatic heterocycles. The summed E-state index contributed by atoms with van der Waals surface area (Å²) in [4.78, 5) is 26.1. The van der Waals surface area contributed by atoms with Crippen LogP contribution in [0, 0.1) is 5.92 Å². The van der Waals surface area contributed by atoms with Crippen molar-refractivity contribution in [3.05, 3.63) is 30.3 Å². The first-order chi connectivity index (χ1) is 10.0. The van der Waals surface area contributed by atoms with Gasteiger partial charge in [0.2, 0.25) is 5.91 Å². The van der Waals surface area contributed by atoms with E-state index < -0.39 is 12.0 Å². The van der Waals surface area contributed by atoms with E-state index in [4.69, 9.17) is 0 Å². The average Bonchev–Trinajstić information content (AvgIpc) is 2.90. The Labute approximate surface area is 162 Å². The molecule has 0 N–H and O–H groups in total. The Morgan fingerprint density at radius 3 is 2.59 bits per heavy atom. The normalized spacial score (nSPS) is 22.0. The second-order valence-corrected chi connectivity index (χ2v) is 6.94. The van der Waals surface area contributed by atoms with Crippen molar-refractivity contribution in [1.82, 2.24) is 4.90 Å². The van der Waals surface area contributed by atoms with Gasteiger partial charge < -0.3 is 14.8 Å². The van der Waals surface area contributed by atoms with Crippen molar-refractivity contribution in [2.24, 2.45) is 5.92 Å². The molecule has 1 amide bonds. The van der Waals surface area contributed by atoms with Gasteiger partial charge in [0, 0.05) is 28.4 Å². The van der Waals surface area contributed by atoms with Crippen LogP contribution in [0.1, 0.15) is 13.3 Å². The zero-order valence-electron chi connectivity index (χ0n) is 12.8. The van der Waals surface area contributed by atoms with E-state index in [0.717, 1.165) is 4.90 Å². The van der Waals surface area contributed by atoms with Gasteiger partial charge >= 0.3 is 29.6 Å². The van der Waals surface area contributed by atoms with Crippen molar-refractivity contribution in [2.75, 3.05) is 12.3 Å². The van der Waals surface area contributed by atoms with Gasteiger partial charge in [-0.3, -0.25) is 4.79 Å². The first-order valence-electron chi connectivity index (χ1n) is 6.86. The van der Waals surface area contributed by atoms with Gasteiger partial charge in [-0.2, -0.15) is 12.6 Å². The van der Waals surface area contributed by atoms with Crippen LogP contribution in [0.25, 0.3) is 0 Å². The molecule has 0 saturated carbocycles. The molecule has 0 radical (unpaired) electrons. The molecule has 22 heavy (non-hydrogen) atoms. The molecule has 0 unspecified atom stereocenters. The Morgan fingerprint density at radius 2 is 2.05 bits per heavy atom. The van der Waals surface area contributed by atoms with Crippen LogP contribution >= 0.6 is 24.4 Å². The maximum Gasteiger partial charge on any atom is 1.00 e. The zero-order valence-corrected chi connectivity index (χ0v) is 16.5. The minimum absolute atomic E-state index is 0. The first kappa shape index (κ1) is 19.9. The molecule has 1 aliphatic rings. The molecular formula is C15H18NNaO3S2. The van der Waals surface area contributed by atoms with E-state index in [1.165, 1.54) is 4.90 Å². The number of hydrogen-bond acceptors (Lipinski definition) is 5. The van der Waals surface area contributed by atoms with Gasteiger partial charge in [-0.25, -0.2) is 0 Å². The van der Waals surface area contributed by atoms with Crippen molar-refractivity contribution < 1.29 is 44.3 Å². The third kappa shape index (κ3) is 4.93. The summed E-state index contributed by atoms with van der Waals surface area (Å²) in [5, 5.41) is 11.4. The predicted octanol–water partition coefficient (Wildman–Crippen LogP) is -1.93. The smallest absolute Gasteiger partial charge is 0.548 e. The predicted molar refractivity (Wildman–Crippen MR) is 84.2 cm³/mol. The number of thioether (sulfide) groups is 1. The molecule has 4 nitrogen and oxygen atoms in total. The van der Waals surface area contributed by atoms with Crippen molar-refractivity contribution in [3.8, 4) is 0 Å². The van der Waals surface area contributed by atoms with E-state index in [-0.39, 0.29) is 46.6 Å². The molecule has 0 aromatic heterocycles. The second kappa shape index (κ2) is 9.23. The van der Waals surface area contributed by atoms with Crippen molar-refractivity contribution >= 4 is 36.3 Å². The molecule has 114 valence electrons. The van der Waals surface area contributed by atoms with Gasteiger partial charge in [0.25, 0.3) is 0 Å². The monoisotopic (exact) mass is 347 g/mol. The SMILES string of the molecule is C[C@H](CS)C(=O)N1C[C@@H](Sc2ccccc2)C[C@@H]1C(=O)[O-].[Na+]. The third-order valence-electron chi connectivity index (χ3n) is 3.56. The number of hydrogen-bond donors (Lipinski definition) is 1.